The molecule has 0 aromatic heterocycles. The lowest BCUT2D eigenvalue weighted by molar-refractivity contribution is 0.120. The second-order valence-corrected chi connectivity index (χ2v) is 6.84. The summed E-state index contributed by atoms with van der Waals surface area (Å²) in [4.78, 5) is 4.76. The van der Waals surface area contributed by atoms with Gasteiger partial charge in [-0.15, -0.1) is 0 Å². The molecule has 1 heterocycles. The molecule has 138 valence electrons. The van der Waals surface area contributed by atoms with Crippen LogP contribution in [-0.4, -0.2) is 60.8 Å². The number of halogens is 1. The molecule has 0 radical (unpaired) electrons. The number of β-amino-alcohol motifs (C(OH)–C–C–N with tert-alkyl or cyclic N) is 1. The number of nitrogens with zero attached hydrogens (tertiary/aromatic N) is 2. The third-order valence-corrected chi connectivity index (χ3v) is 5.05. The highest BCUT2D eigenvalue weighted by molar-refractivity contribution is 5.69. The fourth-order valence-corrected chi connectivity index (χ4v) is 3.29. The van der Waals surface area contributed by atoms with Crippen LogP contribution in [0, 0.1) is 5.82 Å². The van der Waals surface area contributed by atoms with E-state index in [-0.39, 0.29) is 12.4 Å². The van der Waals surface area contributed by atoms with E-state index in [9.17, 15) is 4.39 Å². The van der Waals surface area contributed by atoms with Gasteiger partial charge in [0.05, 0.1) is 6.61 Å². The molecule has 2 aromatic carbocycles. The average molecular weight is 354 g/mol. The second-order valence-electron chi connectivity index (χ2n) is 6.84. The van der Waals surface area contributed by atoms with Crippen molar-refractivity contribution in [2.45, 2.75) is 6.92 Å². The number of benzene rings is 2. The summed E-state index contributed by atoms with van der Waals surface area (Å²) in [5, 5.41) is 9.01. The van der Waals surface area contributed by atoms with E-state index in [0.717, 1.165) is 50.4 Å². The molecular formula is C22H27FN2O. The van der Waals surface area contributed by atoms with E-state index >= 15 is 0 Å². The van der Waals surface area contributed by atoms with Gasteiger partial charge in [0.1, 0.15) is 5.82 Å². The number of allylic oxidation sites excluding steroid dienone is 1. The first-order valence-corrected chi connectivity index (χ1v) is 9.24. The highest BCUT2D eigenvalue weighted by Gasteiger charge is 2.15. The molecule has 1 fully saturated rings. The summed E-state index contributed by atoms with van der Waals surface area (Å²) in [6.45, 7) is 8.28. The number of piperazine rings is 1. The zero-order valence-corrected chi connectivity index (χ0v) is 15.4. The minimum absolute atomic E-state index is 0.207. The van der Waals surface area contributed by atoms with E-state index in [1.54, 1.807) is 0 Å². The Labute approximate surface area is 155 Å². The zero-order chi connectivity index (χ0) is 18.4. The van der Waals surface area contributed by atoms with Gasteiger partial charge < -0.3 is 5.11 Å². The number of hydrogen-bond donors (Lipinski definition) is 1. The monoisotopic (exact) mass is 354 g/mol. The van der Waals surface area contributed by atoms with Crippen LogP contribution in [0.15, 0.2) is 54.6 Å². The molecule has 0 amide bonds. The Hall–Kier alpha value is -2.01. The molecule has 0 spiro atoms. The van der Waals surface area contributed by atoms with Gasteiger partial charge in [0.25, 0.3) is 0 Å². The molecule has 4 heteroatoms. The zero-order valence-electron chi connectivity index (χ0n) is 15.4. The molecular weight excluding hydrogens is 327 g/mol. The predicted octanol–water partition coefficient (Wildman–Crippen LogP) is 3.51. The first kappa shape index (κ1) is 18.8. The van der Waals surface area contributed by atoms with Crippen molar-refractivity contribution in [1.82, 2.24) is 9.80 Å². The van der Waals surface area contributed by atoms with Crippen molar-refractivity contribution >= 4 is 5.57 Å². The Morgan fingerprint density at radius 2 is 1.46 bits per heavy atom. The maximum Gasteiger partial charge on any atom is 0.123 e. The molecule has 3 nitrogen and oxygen atoms in total. The number of aliphatic hydroxyl groups excluding tert-OH is 1. The smallest absolute Gasteiger partial charge is 0.123 e. The van der Waals surface area contributed by atoms with Crippen molar-refractivity contribution in [2.75, 3.05) is 45.9 Å². The van der Waals surface area contributed by atoms with Crippen LogP contribution >= 0.6 is 0 Å². The van der Waals surface area contributed by atoms with E-state index in [2.05, 4.69) is 47.1 Å². The topological polar surface area (TPSA) is 26.7 Å². The Morgan fingerprint density at radius 1 is 0.923 bits per heavy atom. The number of hydrogen-bond acceptors (Lipinski definition) is 3. The lowest BCUT2D eigenvalue weighted by atomic mass is 10.0. The molecule has 3 rings (SSSR count). The van der Waals surface area contributed by atoms with Gasteiger partial charge in [0.15, 0.2) is 0 Å². The lowest BCUT2D eigenvalue weighted by Gasteiger charge is -2.33. The molecule has 0 saturated carbocycles. The molecule has 1 saturated heterocycles. The molecule has 0 aliphatic carbocycles. The van der Waals surface area contributed by atoms with Crippen molar-refractivity contribution < 1.29 is 9.50 Å². The summed E-state index contributed by atoms with van der Waals surface area (Å²) < 4.78 is 13.0. The maximum atomic E-state index is 13.0. The molecule has 1 N–H and O–H groups in total. The summed E-state index contributed by atoms with van der Waals surface area (Å²) in [5.74, 6) is -0.207. The highest BCUT2D eigenvalue weighted by Crippen LogP contribution is 2.22. The lowest BCUT2D eigenvalue weighted by Crippen LogP contribution is -2.47. The molecule has 0 atom stereocenters. The van der Waals surface area contributed by atoms with Crippen LogP contribution in [0.5, 0.6) is 0 Å². The average Bonchev–Trinajstić information content (AvgIpc) is 2.68. The maximum absolute atomic E-state index is 13.0. The minimum Gasteiger partial charge on any atom is -0.395 e. The third kappa shape index (κ3) is 5.01. The predicted molar refractivity (Wildman–Crippen MR) is 105 cm³/mol. The molecule has 2 aromatic rings. The van der Waals surface area contributed by atoms with Crippen molar-refractivity contribution in [1.29, 1.82) is 0 Å². The van der Waals surface area contributed by atoms with Gasteiger partial charge in [-0.3, -0.25) is 9.80 Å². The quantitative estimate of drug-likeness (QED) is 0.860. The first-order chi connectivity index (χ1) is 12.7. The summed E-state index contributed by atoms with van der Waals surface area (Å²) >= 11 is 0. The standard InChI is InChI=1S/C22H27FN2O/c1-18(10-11-24-12-14-25(15-13-24)16-17-26)19-2-4-20(5-3-19)21-6-8-22(23)9-7-21/h2-10,26H,11-17H2,1H3. The normalized spacial score (nSPS) is 16.8. The summed E-state index contributed by atoms with van der Waals surface area (Å²) in [6, 6.07) is 15.0. The summed E-state index contributed by atoms with van der Waals surface area (Å²) in [5.41, 5.74) is 4.62. The molecule has 0 bridgehead atoms. The van der Waals surface area contributed by atoms with Crippen LogP contribution < -0.4 is 0 Å². The van der Waals surface area contributed by atoms with Crippen LogP contribution in [0.3, 0.4) is 0 Å². The second kappa shape index (κ2) is 9.08. The van der Waals surface area contributed by atoms with Gasteiger partial charge in [-0.05, 0) is 41.3 Å². The van der Waals surface area contributed by atoms with Gasteiger partial charge >= 0.3 is 0 Å². The van der Waals surface area contributed by atoms with Crippen LogP contribution in [0.2, 0.25) is 0 Å². The molecule has 1 aliphatic heterocycles. The van der Waals surface area contributed by atoms with Crippen LogP contribution in [-0.2, 0) is 0 Å². The van der Waals surface area contributed by atoms with Gasteiger partial charge in [-0.2, -0.15) is 0 Å². The van der Waals surface area contributed by atoms with Crippen molar-refractivity contribution in [3.8, 4) is 11.1 Å². The van der Waals surface area contributed by atoms with E-state index in [4.69, 9.17) is 5.11 Å². The summed E-state index contributed by atoms with van der Waals surface area (Å²) in [7, 11) is 0. The SMILES string of the molecule is CC(=CCN1CCN(CCO)CC1)c1ccc(-c2ccc(F)cc2)cc1. The Balaban J connectivity index is 1.57. The largest absolute Gasteiger partial charge is 0.395 e. The molecule has 1 aliphatic rings. The molecule has 26 heavy (non-hydrogen) atoms. The van der Waals surface area contributed by atoms with Crippen LogP contribution in [0.1, 0.15) is 12.5 Å². The van der Waals surface area contributed by atoms with Gasteiger partial charge in [-0.1, -0.05) is 42.5 Å². The molecule has 0 unspecified atom stereocenters. The fourth-order valence-electron chi connectivity index (χ4n) is 3.29. The van der Waals surface area contributed by atoms with Crippen molar-refractivity contribution in [3.63, 3.8) is 0 Å². The van der Waals surface area contributed by atoms with Gasteiger partial charge in [-0.25, -0.2) is 4.39 Å². The first-order valence-electron chi connectivity index (χ1n) is 9.24. The Morgan fingerprint density at radius 3 is 2.04 bits per heavy atom. The third-order valence-electron chi connectivity index (χ3n) is 5.05. The minimum atomic E-state index is -0.207. The van der Waals surface area contributed by atoms with E-state index < -0.39 is 0 Å². The van der Waals surface area contributed by atoms with Crippen molar-refractivity contribution in [2.24, 2.45) is 0 Å². The fraction of sp³-hybridized carbons (Fsp3) is 0.364. The van der Waals surface area contributed by atoms with E-state index in [0.29, 0.717) is 0 Å². The summed E-state index contributed by atoms with van der Waals surface area (Å²) in [6.07, 6.45) is 2.29. The highest BCUT2D eigenvalue weighted by atomic mass is 19.1. The van der Waals surface area contributed by atoms with E-state index in [1.807, 2.05) is 12.1 Å². The van der Waals surface area contributed by atoms with Crippen molar-refractivity contribution in [3.05, 3.63) is 66.0 Å². The van der Waals surface area contributed by atoms with Crippen LogP contribution in [0.25, 0.3) is 16.7 Å². The van der Waals surface area contributed by atoms with Crippen LogP contribution in [0.4, 0.5) is 4.39 Å². The Bertz CT molecular complexity index is 717. The Kier molecular flexibility index (Phi) is 6.56. The van der Waals surface area contributed by atoms with Gasteiger partial charge in [0, 0.05) is 39.3 Å². The number of rotatable bonds is 6. The van der Waals surface area contributed by atoms with E-state index in [1.165, 1.54) is 23.3 Å². The van der Waals surface area contributed by atoms with Gasteiger partial charge in [0.2, 0.25) is 0 Å². The number of aliphatic hydroxyl groups is 1.